The average Bonchev–Trinajstić information content (AvgIpc) is 2.89. The number of aromatic nitrogens is 2. The summed E-state index contributed by atoms with van der Waals surface area (Å²) in [4.78, 5) is 14.0. The van der Waals surface area contributed by atoms with E-state index in [0.29, 0.717) is 35.1 Å². The van der Waals surface area contributed by atoms with Gasteiger partial charge < -0.3 is 16.7 Å². The maximum absolute atomic E-state index is 13.7. The van der Waals surface area contributed by atoms with Crippen LogP contribution in [0.5, 0.6) is 0 Å². The fraction of sp³-hybridized carbons (Fsp3) is 0.529. The van der Waals surface area contributed by atoms with E-state index in [9.17, 15) is 14.3 Å². The maximum atomic E-state index is 13.7. The Balaban J connectivity index is 0.00000121. The van der Waals surface area contributed by atoms with Gasteiger partial charge in [-0.2, -0.15) is 5.10 Å². The van der Waals surface area contributed by atoms with Crippen LogP contribution in [0.2, 0.25) is 0 Å². The summed E-state index contributed by atoms with van der Waals surface area (Å²) in [5, 5.41) is 17.9. The Morgan fingerprint density at radius 1 is 1.44 bits per heavy atom. The van der Waals surface area contributed by atoms with Gasteiger partial charge >= 0.3 is 24.8 Å². The van der Waals surface area contributed by atoms with Gasteiger partial charge in [-0.1, -0.05) is 0 Å². The predicted molar refractivity (Wildman–Crippen MR) is 88.5 cm³/mol. The number of benzene rings is 1. The van der Waals surface area contributed by atoms with Crippen molar-refractivity contribution in [2.45, 2.75) is 25.4 Å². The molecule has 0 radical (unpaired) electrons. The number of rotatable bonds is 4. The molecule has 130 valence electrons. The average molecular weight is 340 g/mol. The first kappa shape index (κ1) is 18.4. The van der Waals surface area contributed by atoms with Crippen molar-refractivity contribution in [3.8, 4) is 0 Å². The molecule has 6 nitrogen and oxygen atoms in total. The van der Waals surface area contributed by atoms with Gasteiger partial charge in [0.1, 0.15) is 5.82 Å². The molecule has 1 unspecified atom stereocenters. The number of carbonyl (C=O) groups is 1. The van der Waals surface area contributed by atoms with Crippen molar-refractivity contribution in [3.63, 3.8) is 0 Å². The van der Waals surface area contributed by atoms with Crippen LogP contribution in [-0.4, -0.2) is 51.4 Å². The van der Waals surface area contributed by atoms with E-state index in [0.717, 1.165) is 12.6 Å². The number of halogens is 1. The van der Waals surface area contributed by atoms with Crippen LogP contribution >= 0.6 is 0 Å². The summed E-state index contributed by atoms with van der Waals surface area (Å²) < 4.78 is 15.3. The van der Waals surface area contributed by atoms with Crippen molar-refractivity contribution in [2.75, 3.05) is 19.6 Å². The van der Waals surface area contributed by atoms with E-state index in [4.69, 9.17) is 0 Å². The van der Waals surface area contributed by atoms with Crippen LogP contribution in [0.3, 0.4) is 0 Å². The minimum Gasteiger partial charge on any atom is -1.00 e. The summed E-state index contributed by atoms with van der Waals surface area (Å²) in [6, 6.07) is 2.83. The summed E-state index contributed by atoms with van der Waals surface area (Å²) in [5.74, 6) is -1.00. The van der Waals surface area contributed by atoms with E-state index >= 15 is 0 Å². The van der Waals surface area contributed by atoms with Crippen molar-refractivity contribution in [2.24, 2.45) is 13.0 Å². The molecule has 3 aliphatic rings. The number of carboxylic acids is 1. The molecule has 3 aliphatic heterocycles. The number of nitrogens with one attached hydrogen (secondary N) is 1. The molecular weight excluding hydrogens is 318 g/mol. The van der Waals surface area contributed by atoms with Crippen LogP contribution in [0.1, 0.15) is 30.3 Å². The fourth-order valence-electron chi connectivity index (χ4n) is 4.15. The Hall–Kier alpha value is -1.39. The zero-order valence-electron chi connectivity index (χ0n) is 15.6. The van der Waals surface area contributed by atoms with Gasteiger partial charge in [0.2, 0.25) is 0 Å². The molecule has 5 rings (SSSR count). The quantitative estimate of drug-likeness (QED) is 0.678. The van der Waals surface area contributed by atoms with Gasteiger partial charge in [-0.3, -0.25) is 4.68 Å². The minimum atomic E-state index is -1.13. The normalized spacial score (nSPS) is 25.1. The van der Waals surface area contributed by atoms with Gasteiger partial charge in [0, 0.05) is 31.6 Å². The van der Waals surface area contributed by atoms with Crippen LogP contribution < -0.4 is 24.2 Å². The number of aryl methyl sites for hydroxylation is 1. The first-order valence-electron chi connectivity index (χ1n) is 8.37. The second-order valence-electron chi connectivity index (χ2n) is 6.85. The van der Waals surface area contributed by atoms with Crippen molar-refractivity contribution in [1.82, 2.24) is 20.0 Å². The van der Waals surface area contributed by atoms with E-state index < -0.39 is 11.8 Å². The second kappa shape index (κ2) is 7.08. The molecule has 8 heteroatoms. The third-order valence-electron chi connectivity index (χ3n) is 5.41. The number of aromatic carboxylic acids is 1. The first-order chi connectivity index (χ1) is 11.5. The number of fused-ring (bicyclic) bond motifs is 4. The summed E-state index contributed by atoms with van der Waals surface area (Å²) in [6.45, 7) is 3.89. The second-order valence-corrected chi connectivity index (χ2v) is 6.85. The molecule has 3 saturated heterocycles. The molecule has 0 saturated carbocycles. The number of hydrogen-bond acceptors (Lipinski definition) is 4. The van der Waals surface area contributed by atoms with Gasteiger partial charge in [-0.15, -0.1) is 0 Å². The van der Waals surface area contributed by atoms with Gasteiger partial charge in [0.05, 0.1) is 16.8 Å². The molecule has 4 heterocycles. The van der Waals surface area contributed by atoms with Crippen LogP contribution in [0.25, 0.3) is 10.9 Å². The van der Waals surface area contributed by atoms with E-state index in [1.54, 1.807) is 11.7 Å². The third kappa shape index (κ3) is 3.34. The monoisotopic (exact) mass is 340 g/mol. The largest absolute Gasteiger partial charge is 1.00 e. The van der Waals surface area contributed by atoms with Gasteiger partial charge in [-0.25, -0.2) is 9.18 Å². The smallest absolute Gasteiger partial charge is 1.00 e. The maximum Gasteiger partial charge on any atom is 1.00 e. The third-order valence-corrected chi connectivity index (χ3v) is 5.41. The van der Waals surface area contributed by atoms with Gasteiger partial charge in [-0.05, 0) is 44.0 Å². The molecule has 2 bridgehead atoms. The van der Waals surface area contributed by atoms with Crippen LogP contribution in [0.4, 0.5) is 4.39 Å². The molecule has 1 aromatic heterocycles. The topological polar surface area (TPSA) is 70.4 Å². The van der Waals surface area contributed by atoms with Crippen LogP contribution in [-0.2, 0) is 13.6 Å². The molecule has 1 atom stereocenters. The zero-order chi connectivity index (χ0) is 16.8. The molecule has 0 amide bonds. The Bertz CT molecular complexity index is 808. The molecule has 3 fully saturated rings. The summed E-state index contributed by atoms with van der Waals surface area (Å²) >= 11 is 0. The Kier molecular flexibility index (Phi) is 5.21. The Morgan fingerprint density at radius 3 is 2.76 bits per heavy atom. The Morgan fingerprint density at radius 2 is 2.16 bits per heavy atom. The number of carboxylic acid groups (broad SMARTS) is 1. The molecule has 0 spiro atoms. The Labute approximate surface area is 159 Å². The number of piperidine rings is 3. The van der Waals surface area contributed by atoms with E-state index in [2.05, 4.69) is 15.3 Å². The first-order valence-corrected chi connectivity index (χ1v) is 8.37. The summed E-state index contributed by atoms with van der Waals surface area (Å²) in [7, 11) is 1.71. The molecule has 2 N–H and O–H groups in total. The van der Waals surface area contributed by atoms with Crippen molar-refractivity contribution in [3.05, 3.63) is 29.2 Å². The van der Waals surface area contributed by atoms with E-state index in [1.165, 1.54) is 32.0 Å². The summed E-state index contributed by atoms with van der Waals surface area (Å²) in [5.41, 5.74) is 1.16. The van der Waals surface area contributed by atoms with Gasteiger partial charge in [0.25, 0.3) is 0 Å². The molecule has 25 heavy (non-hydrogen) atoms. The number of hydrogen-bond donors (Lipinski definition) is 2. The van der Waals surface area contributed by atoms with Crippen molar-refractivity contribution >= 4 is 16.9 Å². The van der Waals surface area contributed by atoms with Crippen molar-refractivity contribution in [1.29, 1.82) is 0 Å². The molecule has 2 aromatic rings. The standard InChI is InChI=1S/C17H21FN4O2.Li.H/c1-21-15-7-11(18)6-12(17(23)24)16(15)13(20-21)8-19-14-9-22-4-2-10(14)3-5-22;;/h6-7,10,14,19H,2-5,8-9H2,1H3,(H,23,24);;/q;+1;-1. The summed E-state index contributed by atoms with van der Waals surface area (Å²) in [6.07, 6.45) is 2.43. The van der Waals surface area contributed by atoms with E-state index in [-0.39, 0.29) is 25.9 Å². The van der Waals surface area contributed by atoms with Crippen LogP contribution in [0, 0.1) is 11.7 Å². The zero-order valence-corrected chi connectivity index (χ0v) is 14.6. The van der Waals surface area contributed by atoms with Crippen molar-refractivity contribution < 1.29 is 34.6 Å². The number of nitrogens with zero attached hydrogens (tertiary/aromatic N) is 3. The minimum absolute atomic E-state index is 0. The predicted octanol–water partition coefficient (Wildman–Crippen LogP) is -1.29. The van der Waals surface area contributed by atoms with Crippen LogP contribution in [0.15, 0.2) is 12.1 Å². The van der Waals surface area contributed by atoms with E-state index in [1.807, 2.05) is 0 Å². The fourth-order valence-corrected chi connectivity index (χ4v) is 4.15. The molecule has 1 aromatic carbocycles. The molecule has 0 aliphatic carbocycles. The van der Waals surface area contributed by atoms with Gasteiger partial charge in [0.15, 0.2) is 0 Å². The SMILES string of the molecule is Cn1nc(CNC2CN3CCC2CC3)c2c(C(=O)O)cc(F)cc21.[H-].[Li+]. The molecular formula is C17H22FLiN4O2.